The summed E-state index contributed by atoms with van der Waals surface area (Å²) in [5.74, 6) is -0.110. The highest BCUT2D eigenvalue weighted by atomic mass is 19.1. The van der Waals surface area contributed by atoms with Crippen LogP contribution in [0.3, 0.4) is 0 Å². The lowest BCUT2D eigenvalue weighted by atomic mass is 9.90. The second kappa shape index (κ2) is 4.63. The summed E-state index contributed by atoms with van der Waals surface area (Å²) >= 11 is 0. The Labute approximate surface area is 108 Å². The zero-order valence-corrected chi connectivity index (χ0v) is 10.9. The van der Waals surface area contributed by atoms with E-state index in [4.69, 9.17) is 5.73 Å². The minimum Gasteiger partial charge on any atom is -0.326 e. The molecule has 2 N–H and O–H groups in total. The minimum atomic E-state index is -0.110. The molecule has 3 rings (SSSR count). The molecule has 2 aliphatic rings. The molecule has 1 aliphatic carbocycles. The van der Waals surface area contributed by atoms with Crippen LogP contribution in [-0.4, -0.2) is 23.5 Å². The average molecular weight is 248 g/mol. The Morgan fingerprint density at radius 1 is 1.28 bits per heavy atom. The van der Waals surface area contributed by atoms with Crippen molar-refractivity contribution in [3.8, 4) is 0 Å². The second-order valence-electron chi connectivity index (χ2n) is 5.73. The molecule has 1 saturated heterocycles. The molecule has 98 valence electrons. The van der Waals surface area contributed by atoms with Gasteiger partial charge in [-0.05, 0) is 56.3 Å². The molecular formula is C15H21FN2. The Morgan fingerprint density at radius 3 is 2.72 bits per heavy atom. The van der Waals surface area contributed by atoms with Crippen LogP contribution in [-0.2, 0) is 0 Å². The van der Waals surface area contributed by atoms with Crippen molar-refractivity contribution in [3.05, 3.63) is 35.1 Å². The molecule has 0 bridgehead atoms. The smallest absolute Gasteiger partial charge is 0.126 e. The van der Waals surface area contributed by atoms with E-state index in [0.29, 0.717) is 11.6 Å². The molecule has 0 radical (unpaired) electrons. The molecule has 0 aromatic heterocycles. The number of hydrogen-bond acceptors (Lipinski definition) is 2. The van der Waals surface area contributed by atoms with E-state index >= 15 is 0 Å². The van der Waals surface area contributed by atoms with E-state index in [1.165, 1.54) is 19.3 Å². The van der Waals surface area contributed by atoms with Crippen LogP contribution < -0.4 is 5.73 Å². The van der Waals surface area contributed by atoms with Gasteiger partial charge in [-0.1, -0.05) is 12.1 Å². The van der Waals surface area contributed by atoms with Crippen LogP contribution in [0, 0.1) is 12.7 Å². The van der Waals surface area contributed by atoms with Crippen molar-refractivity contribution in [1.82, 2.24) is 4.90 Å². The Hall–Kier alpha value is -0.930. The van der Waals surface area contributed by atoms with Crippen LogP contribution in [0.5, 0.6) is 0 Å². The second-order valence-corrected chi connectivity index (χ2v) is 5.73. The lowest BCUT2D eigenvalue weighted by Gasteiger charge is -2.40. The maximum Gasteiger partial charge on any atom is 0.126 e. The van der Waals surface area contributed by atoms with Gasteiger partial charge < -0.3 is 5.73 Å². The summed E-state index contributed by atoms with van der Waals surface area (Å²) in [6.45, 7) is 2.91. The molecule has 2 nitrogen and oxygen atoms in total. The Kier molecular flexibility index (Phi) is 3.12. The van der Waals surface area contributed by atoms with E-state index in [2.05, 4.69) is 4.90 Å². The van der Waals surface area contributed by atoms with Gasteiger partial charge in [-0.3, -0.25) is 4.90 Å². The van der Waals surface area contributed by atoms with Crippen molar-refractivity contribution in [3.63, 3.8) is 0 Å². The van der Waals surface area contributed by atoms with Crippen molar-refractivity contribution in [1.29, 1.82) is 0 Å². The van der Waals surface area contributed by atoms with Gasteiger partial charge >= 0.3 is 0 Å². The Balaban J connectivity index is 1.92. The molecule has 3 heteroatoms. The molecule has 1 aromatic carbocycles. The van der Waals surface area contributed by atoms with Gasteiger partial charge in [-0.15, -0.1) is 0 Å². The van der Waals surface area contributed by atoms with Crippen LogP contribution in [0.15, 0.2) is 18.2 Å². The van der Waals surface area contributed by atoms with E-state index < -0.39 is 0 Å². The molecule has 1 aliphatic heterocycles. The standard InChI is InChI=1S/C15H21FN2/c1-10-4-5-11(9-13(10)16)15-14(17)3-2-8-18(15)12-6-7-12/h4-5,9,12,14-15H,2-3,6-8,17H2,1H3. The highest BCUT2D eigenvalue weighted by molar-refractivity contribution is 5.27. The maximum absolute atomic E-state index is 13.7. The van der Waals surface area contributed by atoms with Gasteiger partial charge in [0.25, 0.3) is 0 Å². The van der Waals surface area contributed by atoms with Gasteiger partial charge in [-0.2, -0.15) is 0 Å². The molecule has 0 amide bonds. The van der Waals surface area contributed by atoms with Crippen LogP contribution in [0.2, 0.25) is 0 Å². The van der Waals surface area contributed by atoms with E-state index in [1.807, 2.05) is 12.1 Å². The van der Waals surface area contributed by atoms with Gasteiger partial charge in [0.05, 0.1) is 6.04 Å². The van der Waals surface area contributed by atoms with Crippen LogP contribution in [0.1, 0.15) is 42.9 Å². The number of nitrogens with two attached hydrogens (primary N) is 1. The highest BCUT2D eigenvalue weighted by Crippen LogP contribution is 2.39. The predicted octanol–water partition coefficient (Wildman–Crippen LogP) is 2.76. The SMILES string of the molecule is Cc1ccc(C2C(N)CCCN2C2CC2)cc1F. The number of hydrogen-bond donors (Lipinski definition) is 1. The molecule has 18 heavy (non-hydrogen) atoms. The summed E-state index contributed by atoms with van der Waals surface area (Å²) in [5, 5.41) is 0. The van der Waals surface area contributed by atoms with E-state index in [0.717, 1.165) is 18.5 Å². The fourth-order valence-electron chi connectivity index (χ4n) is 3.10. The van der Waals surface area contributed by atoms with E-state index in [-0.39, 0.29) is 17.9 Å². The van der Waals surface area contributed by atoms with E-state index in [1.54, 1.807) is 13.0 Å². The van der Waals surface area contributed by atoms with E-state index in [9.17, 15) is 4.39 Å². The molecular weight excluding hydrogens is 227 g/mol. The van der Waals surface area contributed by atoms with Crippen LogP contribution in [0.25, 0.3) is 0 Å². The normalized spacial score (nSPS) is 29.5. The third-order valence-electron chi connectivity index (χ3n) is 4.27. The Bertz CT molecular complexity index is 442. The summed E-state index contributed by atoms with van der Waals surface area (Å²) in [6.07, 6.45) is 4.76. The third kappa shape index (κ3) is 2.17. The molecule has 1 aromatic rings. The number of rotatable bonds is 2. The van der Waals surface area contributed by atoms with Crippen molar-refractivity contribution in [2.75, 3.05) is 6.54 Å². The topological polar surface area (TPSA) is 29.3 Å². The van der Waals surface area contributed by atoms with Crippen molar-refractivity contribution >= 4 is 0 Å². The molecule has 1 heterocycles. The summed E-state index contributed by atoms with van der Waals surface area (Å²) in [6, 6.07) is 6.63. The number of nitrogens with zero attached hydrogens (tertiary/aromatic N) is 1. The molecule has 0 spiro atoms. The minimum absolute atomic E-state index is 0.110. The first kappa shape index (κ1) is 12.1. The number of likely N-dealkylation sites (tertiary alicyclic amines) is 1. The zero-order valence-electron chi connectivity index (χ0n) is 10.9. The summed E-state index contributed by atoms with van der Waals surface area (Å²) in [4.78, 5) is 2.50. The van der Waals surface area contributed by atoms with Crippen LogP contribution in [0.4, 0.5) is 4.39 Å². The molecule has 2 fully saturated rings. The molecule has 1 saturated carbocycles. The van der Waals surface area contributed by atoms with Crippen molar-refractivity contribution < 1.29 is 4.39 Å². The van der Waals surface area contributed by atoms with Crippen LogP contribution >= 0.6 is 0 Å². The quantitative estimate of drug-likeness (QED) is 0.872. The number of halogens is 1. The maximum atomic E-state index is 13.7. The van der Waals surface area contributed by atoms with Gasteiger partial charge in [0, 0.05) is 12.1 Å². The van der Waals surface area contributed by atoms with Gasteiger partial charge in [0.2, 0.25) is 0 Å². The van der Waals surface area contributed by atoms with Crippen molar-refractivity contribution in [2.24, 2.45) is 5.73 Å². The number of benzene rings is 1. The molecule has 2 unspecified atom stereocenters. The fourth-order valence-corrected chi connectivity index (χ4v) is 3.10. The largest absolute Gasteiger partial charge is 0.326 e. The van der Waals surface area contributed by atoms with Gasteiger partial charge in [-0.25, -0.2) is 4.39 Å². The first-order chi connectivity index (χ1) is 8.66. The monoisotopic (exact) mass is 248 g/mol. The van der Waals surface area contributed by atoms with Gasteiger partial charge in [0.15, 0.2) is 0 Å². The average Bonchev–Trinajstić information content (AvgIpc) is 3.17. The predicted molar refractivity (Wildman–Crippen MR) is 70.8 cm³/mol. The Morgan fingerprint density at radius 2 is 2.06 bits per heavy atom. The summed E-state index contributed by atoms with van der Waals surface area (Å²) in [7, 11) is 0. The highest BCUT2D eigenvalue weighted by Gasteiger charge is 2.39. The number of piperidine rings is 1. The first-order valence-corrected chi connectivity index (χ1v) is 6.94. The first-order valence-electron chi connectivity index (χ1n) is 6.94. The lowest BCUT2D eigenvalue weighted by Crippen LogP contribution is -2.46. The third-order valence-corrected chi connectivity index (χ3v) is 4.27. The summed E-state index contributed by atoms with van der Waals surface area (Å²) in [5.41, 5.74) is 8.05. The zero-order chi connectivity index (χ0) is 12.7. The summed E-state index contributed by atoms with van der Waals surface area (Å²) < 4.78 is 13.7. The fraction of sp³-hybridized carbons (Fsp3) is 0.600. The molecule has 2 atom stereocenters. The van der Waals surface area contributed by atoms with Crippen molar-refractivity contribution in [2.45, 2.75) is 50.7 Å². The van der Waals surface area contributed by atoms with Gasteiger partial charge in [0.1, 0.15) is 5.82 Å². The number of aryl methyl sites for hydroxylation is 1. The lowest BCUT2D eigenvalue weighted by molar-refractivity contribution is 0.119.